The van der Waals surface area contributed by atoms with Gasteiger partial charge in [-0.15, -0.1) is 12.4 Å². The van der Waals surface area contributed by atoms with Crippen molar-refractivity contribution in [3.8, 4) is 0 Å². The second-order valence-electron chi connectivity index (χ2n) is 5.28. The third-order valence-electron chi connectivity index (χ3n) is 3.95. The van der Waals surface area contributed by atoms with Crippen molar-refractivity contribution in [1.29, 1.82) is 0 Å². The van der Waals surface area contributed by atoms with Crippen LogP contribution in [0.15, 0.2) is 18.2 Å². The Labute approximate surface area is 125 Å². The Hall–Kier alpha value is -1.26. The summed E-state index contributed by atoms with van der Waals surface area (Å²) in [6.07, 6.45) is 2.08. The number of hydrogen-bond acceptors (Lipinski definition) is 3. The molecule has 0 saturated carbocycles. The molecule has 2 aliphatic heterocycles. The van der Waals surface area contributed by atoms with Gasteiger partial charge in [0.25, 0.3) is 5.91 Å². The fraction of sp³-hybridized carbons (Fsp3) is 0.533. The summed E-state index contributed by atoms with van der Waals surface area (Å²) in [6.45, 7) is 5.02. The van der Waals surface area contributed by atoms with E-state index in [1.165, 1.54) is 5.56 Å². The van der Waals surface area contributed by atoms with Gasteiger partial charge in [0.05, 0.1) is 19.3 Å². The molecule has 4 nitrogen and oxygen atoms in total. The molecule has 0 aliphatic carbocycles. The zero-order valence-electron chi connectivity index (χ0n) is 11.7. The van der Waals surface area contributed by atoms with Gasteiger partial charge in [-0.1, -0.05) is 6.07 Å². The van der Waals surface area contributed by atoms with Crippen molar-refractivity contribution in [1.82, 2.24) is 4.90 Å². The Morgan fingerprint density at radius 3 is 3.10 bits per heavy atom. The monoisotopic (exact) mass is 296 g/mol. The number of ether oxygens (including phenoxy) is 1. The normalized spacial score (nSPS) is 21.4. The van der Waals surface area contributed by atoms with E-state index in [4.69, 9.17) is 4.74 Å². The fourth-order valence-corrected chi connectivity index (χ4v) is 2.89. The molecule has 1 fully saturated rings. The number of rotatable bonds is 1. The van der Waals surface area contributed by atoms with E-state index in [1.807, 2.05) is 24.0 Å². The van der Waals surface area contributed by atoms with Crippen molar-refractivity contribution in [3.63, 3.8) is 0 Å². The largest absolute Gasteiger partial charge is 0.385 e. The molecule has 0 aromatic heterocycles. The molecule has 1 amide bonds. The van der Waals surface area contributed by atoms with Crippen LogP contribution in [-0.4, -0.2) is 43.2 Å². The van der Waals surface area contributed by atoms with Crippen LogP contribution in [0.5, 0.6) is 0 Å². The van der Waals surface area contributed by atoms with Crippen LogP contribution in [0.4, 0.5) is 5.69 Å². The summed E-state index contributed by atoms with van der Waals surface area (Å²) < 4.78 is 5.40. The Morgan fingerprint density at radius 1 is 1.45 bits per heavy atom. The molecule has 1 unspecified atom stereocenters. The van der Waals surface area contributed by atoms with Crippen LogP contribution in [0.1, 0.15) is 29.3 Å². The summed E-state index contributed by atoms with van der Waals surface area (Å²) in [5.74, 6) is 0.149. The standard InChI is InChI=1S/C15H20N2O2.ClH/c1-11-10-19-9-8-17(11)15(18)13-4-2-6-14-12(13)5-3-7-16-14;/h2,4,6,11,16H,3,5,7-10H2,1H3;1H. The van der Waals surface area contributed by atoms with Crippen LogP contribution in [0, 0.1) is 0 Å². The SMILES string of the molecule is CC1COCCN1C(=O)c1cccc2c1CCCN2.Cl. The number of hydrogen-bond donors (Lipinski definition) is 1. The molecule has 1 N–H and O–H groups in total. The lowest BCUT2D eigenvalue weighted by molar-refractivity contribution is 0.00353. The zero-order chi connectivity index (χ0) is 13.2. The molecule has 2 heterocycles. The lowest BCUT2D eigenvalue weighted by Crippen LogP contribution is -2.47. The minimum Gasteiger partial charge on any atom is -0.385 e. The van der Waals surface area contributed by atoms with Crippen molar-refractivity contribution in [3.05, 3.63) is 29.3 Å². The summed E-state index contributed by atoms with van der Waals surface area (Å²) in [5.41, 5.74) is 3.16. The molecular weight excluding hydrogens is 276 g/mol. The molecule has 1 aromatic rings. The predicted octanol–water partition coefficient (Wildman–Crippen LogP) is 2.33. The maximum absolute atomic E-state index is 12.7. The summed E-state index contributed by atoms with van der Waals surface area (Å²) in [6, 6.07) is 6.15. The Bertz CT molecular complexity index is 493. The molecule has 3 rings (SSSR count). The maximum atomic E-state index is 12.7. The molecule has 0 spiro atoms. The van der Waals surface area contributed by atoms with E-state index in [2.05, 4.69) is 11.4 Å². The summed E-state index contributed by atoms with van der Waals surface area (Å²) >= 11 is 0. The summed E-state index contributed by atoms with van der Waals surface area (Å²) in [7, 11) is 0. The van der Waals surface area contributed by atoms with Crippen LogP contribution in [0.25, 0.3) is 0 Å². The van der Waals surface area contributed by atoms with Gasteiger partial charge < -0.3 is 15.0 Å². The molecule has 2 aliphatic rings. The van der Waals surface area contributed by atoms with E-state index in [9.17, 15) is 4.79 Å². The van der Waals surface area contributed by atoms with Crippen molar-refractivity contribution in [2.24, 2.45) is 0 Å². The third kappa shape index (κ3) is 2.76. The highest BCUT2D eigenvalue weighted by Gasteiger charge is 2.27. The molecule has 110 valence electrons. The number of carbonyl (C=O) groups is 1. The Kier molecular flexibility index (Phi) is 4.89. The number of carbonyl (C=O) groups excluding carboxylic acids is 1. The van der Waals surface area contributed by atoms with E-state index >= 15 is 0 Å². The lowest BCUT2D eigenvalue weighted by atomic mass is 9.96. The van der Waals surface area contributed by atoms with E-state index in [0.29, 0.717) is 19.8 Å². The zero-order valence-corrected chi connectivity index (χ0v) is 12.5. The first-order valence-corrected chi connectivity index (χ1v) is 7.02. The van der Waals surface area contributed by atoms with Gasteiger partial charge in [0.15, 0.2) is 0 Å². The molecule has 1 atom stereocenters. The number of morpholine rings is 1. The van der Waals surface area contributed by atoms with Gasteiger partial charge in [-0.3, -0.25) is 4.79 Å². The highest BCUT2D eigenvalue weighted by atomic mass is 35.5. The van der Waals surface area contributed by atoms with E-state index in [1.54, 1.807) is 0 Å². The molecule has 5 heteroatoms. The van der Waals surface area contributed by atoms with Crippen LogP contribution < -0.4 is 5.32 Å². The minimum atomic E-state index is 0. The highest BCUT2D eigenvalue weighted by molar-refractivity contribution is 5.97. The molecule has 0 bridgehead atoms. The topological polar surface area (TPSA) is 41.6 Å². The first-order valence-electron chi connectivity index (χ1n) is 7.02. The molecular formula is C15H21ClN2O2. The molecule has 20 heavy (non-hydrogen) atoms. The number of fused-ring (bicyclic) bond motifs is 1. The molecule has 0 radical (unpaired) electrons. The van der Waals surface area contributed by atoms with Gasteiger partial charge in [-0.05, 0) is 37.5 Å². The van der Waals surface area contributed by atoms with Crippen molar-refractivity contribution in [2.45, 2.75) is 25.8 Å². The third-order valence-corrected chi connectivity index (χ3v) is 3.95. The first kappa shape index (κ1) is 15.1. The van der Waals surface area contributed by atoms with E-state index < -0.39 is 0 Å². The second-order valence-corrected chi connectivity index (χ2v) is 5.28. The minimum absolute atomic E-state index is 0. The average molecular weight is 297 g/mol. The van der Waals surface area contributed by atoms with Gasteiger partial charge in [0.2, 0.25) is 0 Å². The number of amides is 1. The Balaban J connectivity index is 0.00000147. The van der Waals surface area contributed by atoms with Crippen LogP contribution in [0.2, 0.25) is 0 Å². The number of anilines is 1. The van der Waals surface area contributed by atoms with Crippen molar-refractivity contribution < 1.29 is 9.53 Å². The van der Waals surface area contributed by atoms with Gasteiger partial charge >= 0.3 is 0 Å². The van der Waals surface area contributed by atoms with Crippen LogP contribution in [0.3, 0.4) is 0 Å². The summed E-state index contributed by atoms with van der Waals surface area (Å²) in [5, 5.41) is 3.38. The van der Waals surface area contributed by atoms with Crippen LogP contribution in [-0.2, 0) is 11.2 Å². The first-order chi connectivity index (χ1) is 9.27. The van der Waals surface area contributed by atoms with Crippen molar-refractivity contribution >= 4 is 24.0 Å². The predicted molar refractivity (Wildman–Crippen MR) is 81.8 cm³/mol. The number of benzene rings is 1. The molecule has 1 saturated heterocycles. The highest BCUT2D eigenvalue weighted by Crippen LogP contribution is 2.27. The number of nitrogens with zero attached hydrogens (tertiary/aromatic N) is 1. The lowest BCUT2D eigenvalue weighted by Gasteiger charge is -2.34. The smallest absolute Gasteiger partial charge is 0.254 e. The van der Waals surface area contributed by atoms with Crippen molar-refractivity contribution in [2.75, 3.05) is 31.6 Å². The summed E-state index contributed by atoms with van der Waals surface area (Å²) in [4.78, 5) is 14.7. The van der Waals surface area contributed by atoms with Gasteiger partial charge in [-0.2, -0.15) is 0 Å². The number of halogens is 1. The second kappa shape index (κ2) is 6.46. The quantitative estimate of drug-likeness (QED) is 0.865. The average Bonchev–Trinajstić information content (AvgIpc) is 2.46. The maximum Gasteiger partial charge on any atom is 0.254 e. The van der Waals surface area contributed by atoms with Gasteiger partial charge in [-0.25, -0.2) is 0 Å². The van der Waals surface area contributed by atoms with E-state index in [-0.39, 0.29) is 24.4 Å². The number of nitrogens with one attached hydrogen (secondary N) is 1. The van der Waals surface area contributed by atoms with Gasteiger partial charge in [0, 0.05) is 24.3 Å². The van der Waals surface area contributed by atoms with Gasteiger partial charge in [0.1, 0.15) is 0 Å². The molecule has 1 aromatic carbocycles. The Morgan fingerprint density at radius 2 is 2.30 bits per heavy atom. The van der Waals surface area contributed by atoms with Crippen LogP contribution >= 0.6 is 12.4 Å². The van der Waals surface area contributed by atoms with E-state index in [0.717, 1.165) is 30.6 Å². The fourth-order valence-electron chi connectivity index (χ4n) is 2.89.